The van der Waals surface area contributed by atoms with Gasteiger partial charge in [-0.15, -0.1) is 0 Å². The second kappa shape index (κ2) is 7.89. The van der Waals surface area contributed by atoms with Crippen molar-refractivity contribution < 1.29 is 4.79 Å². The third kappa shape index (κ3) is 6.34. The van der Waals surface area contributed by atoms with E-state index < -0.39 is 8.24 Å². The first-order chi connectivity index (χ1) is 9.04. The monoisotopic (exact) mass is 276 g/mol. The number of hydrazone groups is 1. The highest BCUT2D eigenvalue weighted by Crippen LogP contribution is 2.14. The second-order valence-electron chi connectivity index (χ2n) is 5.61. The molecule has 104 valence electrons. The lowest BCUT2D eigenvalue weighted by molar-refractivity contribution is -0.107. The van der Waals surface area contributed by atoms with Crippen LogP contribution >= 0.6 is 0 Å². The molecule has 1 rings (SSSR count). The van der Waals surface area contributed by atoms with Crippen molar-refractivity contribution in [2.45, 2.75) is 45.4 Å². The minimum Gasteiger partial charge on any atom is -0.321 e. The number of rotatable bonds is 8. The smallest absolute Gasteiger partial charge is 0.169 e. The quantitative estimate of drug-likeness (QED) is 0.238. The van der Waals surface area contributed by atoms with E-state index in [0.29, 0.717) is 6.42 Å². The van der Waals surface area contributed by atoms with Crippen molar-refractivity contribution in [3.8, 4) is 0 Å². The van der Waals surface area contributed by atoms with Gasteiger partial charge in [0.15, 0.2) is 8.24 Å². The maximum Gasteiger partial charge on any atom is 0.169 e. The van der Waals surface area contributed by atoms with Gasteiger partial charge < -0.3 is 9.47 Å². The summed E-state index contributed by atoms with van der Waals surface area (Å²) in [7, 11) is -1.47. The van der Waals surface area contributed by atoms with Crippen LogP contribution in [0.3, 0.4) is 0 Å². The molecule has 0 aliphatic carbocycles. The van der Waals surface area contributed by atoms with E-state index >= 15 is 0 Å². The van der Waals surface area contributed by atoms with E-state index in [-0.39, 0.29) is 0 Å². The highest BCUT2D eigenvalue weighted by molar-refractivity contribution is 6.73. The van der Waals surface area contributed by atoms with Crippen molar-refractivity contribution in [1.29, 1.82) is 0 Å². The van der Waals surface area contributed by atoms with Gasteiger partial charge in [0.25, 0.3) is 0 Å². The van der Waals surface area contributed by atoms with Gasteiger partial charge in [-0.25, -0.2) is 0 Å². The van der Waals surface area contributed by atoms with Crippen molar-refractivity contribution in [3.63, 3.8) is 0 Å². The molecule has 19 heavy (non-hydrogen) atoms. The molecule has 0 amide bonds. The maximum atomic E-state index is 10.3. The molecular weight excluding hydrogens is 252 g/mol. The molecule has 0 bridgehead atoms. The number of carbonyl (C=O) groups is 1. The first-order valence-corrected chi connectivity index (χ1v) is 10.3. The van der Waals surface area contributed by atoms with E-state index in [1.54, 1.807) is 0 Å². The standard InChI is InChI=1S/C15H24N2OSi/c1-19(2,3)17(16-12-8-5-9-13-18)14-15-10-6-4-7-11-15/h4,6-7,10-13H,5,8-9,14H2,1-3H3/b16-12+. The summed E-state index contributed by atoms with van der Waals surface area (Å²) in [6, 6.07) is 10.4. The summed E-state index contributed by atoms with van der Waals surface area (Å²) >= 11 is 0. The van der Waals surface area contributed by atoms with Gasteiger partial charge in [-0.2, -0.15) is 5.10 Å². The van der Waals surface area contributed by atoms with Crippen LogP contribution in [0.2, 0.25) is 19.6 Å². The van der Waals surface area contributed by atoms with E-state index in [4.69, 9.17) is 0 Å². The lowest BCUT2D eigenvalue weighted by Gasteiger charge is -2.31. The van der Waals surface area contributed by atoms with Crippen LogP contribution in [0.5, 0.6) is 0 Å². The summed E-state index contributed by atoms with van der Waals surface area (Å²) in [5, 5.41) is 4.62. The van der Waals surface area contributed by atoms with E-state index in [1.807, 2.05) is 12.3 Å². The van der Waals surface area contributed by atoms with E-state index in [9.17, 15) is 4.79 Å². The Morgan fingerprint density at radius 3 is 2.42 bits per heavy atom. The number of aldehydes is 1. The Morgan fingerprint density at radius 1 is 1.16 bits per heavy atom. The molecule has 4 heteroatoms. The molecule has 0 fully saturated rings. The topological polar surface area (TPSA) is 32.7 Å². The molecule has 0 N–H and O–H groups in total. The molecule has 0 saturated carbocycles. The fraction of sp³-hybridized carbons (Fsp3) is 0.467. The van der Waals surface area contributed by atoms with E-state index in [1.165, 1.54) is 5.56 Å². The normalized spacial score (nSPS) is 11.7. The molecular formula is C15H24N2OSi. The van der Waals surface area contributed by atoms with Crippen LogP contribution in [0.1, 0.15) is 24.8 Å². The summed E-state index contributed by atoms with van der Waals surface area (Å²) in [6.45, 7) is 7.73. The molecule has 1 aromatic carbocycles. The van der Waals surface area contributed by atoms with Gasteiger partial charge in [-0.3, -0.25) is 0 Å². The Labute approximate surface area is 117 Å². The number of carbonyl (C=O) groups excluding carboxylic acids is 1. The predicted octanol–water partition coefficient (Wildman–Crippen LogP) is 3.68. The van der Waals surface area contributed by atoms with E-state index in [2.05, 4.69) is 53.7 Å². The van der Waals surface area contributed by atoms with Gasteiger partial charge in [-0.1, -0.05) is 50.0 Å². The Hall–Kier alpha value is -1.42. The van der Waals surface area contributed by atoms with Gasteiger partial charge in [-0.05, 0) is 18.4 Å². The summed E-state index contributed by atoms with van der Waals surface area (Å²) < 4.78 is 2.23. The van der Waals surface area contributed by atoms with Gasteiger partial charge in [0.05, 0.1) is 6.54 Å². The average Bonchev–Trinajstić information content (AvgIpc) is 2.37. The molecule has 0 radical (unpaired) electrons. The lowest BCUT2D eigenvalue weighted by atomic mass is 10.2. The average molecular weight is 276 g/mol. The summed E-state index contributed by atoms with van der Waals surface area (Å²) in [5.41, 5.74) is 1.29. The second-order valence-corrected chi connectivity index (χ2v) is 10.5. The van der Waals surface area contributed by atoms with Gasteiger partial charge >= 0.3 is 0 Å². The number of hydrogen-bond donors (Lipinski definition) is 0. The summed E-state index contributed by atoms with van der Waals surface area (Å²) in [5.74, 6) is 0. The largest absolute Gasteiger partial charge is 0.321 e. The lowest BCUT2D eigenvalue weighted by Crippen LogP contribution is -2.41. The first-order valence-electron chi connectivity index (χ1n) is 6.81. The molecule has 0 atom stereocenters. The highest BCUT2D eigenvalue weighted by atomic mass is 28.3. The Bertz CT molecular complexity index is 398. The van der Waals surface area contributed by atoms with Gasteiger partial charge in [0.1, 0.15) is 6.29 Å². The molecule has 0 aliphatic rings. The van der Waals surface area contributed by atoms with Crippen LogP contribution in [0.4, 0.5) is 0 Å². The van der Waals surface area contributed by atoms with Crippen LogP contribution in [0.15, 0.2) is 35.4 Å². The highest BCUT2D eigenvalue weighted by Gasteiger charge is 2.22. The zero-order valence-corrected chi connectivity index (χ0v) is 13.2. The molecule has 0 unspecified atom stereocenters. The summed E-state index contributed by atoms with van der Waals surface area (Å²) in [4.78, 5) is 10.3. The molecule has 0 heterocycles. The third-order valence-corrected chi connectivity index (χ3v) is 4.65. The number of hydrogen-bond acceptors (Lipinski definition) is 3. The van der Waals surface area contributed by atoms with Crippen molar-refractivity contribution in [2.75, 3.05) is 0 Å². The van der Waals surface area contributed by atoms with Crippen molar-refractivity contribution in [1.82, 2.24) is 4.67 Å². The minimum absolute atomic E-state index is 0.623. The number of benzene rings is 1. The molecule has 0 saturated heterocycles. The third-order valence-electron chi connectivity index (χ3n) is 2.83. The van der Waals surface area contributed by atoms with Crippen LogP contribution in [-0.4, -0.2) is 25.4 Å². The minimum atomic E-state index is -1.47. The van der Waals surface area contributed by atoms with Gasteiger partial charge in [0.2, 0.25) is 0 Å². The fourth-order valence-electron chi connectivity index (χ4n) is 1.66. The Kier molecular flexibility index (Phi) is 6.49. The number of nitrogens with zero attached hydrogens (tertiary/aromatic N) is 2. The molecule has 3 nitrogen and oxygen atoms in total. The van der Waals surface area contributed by atoms with Gasteiger partial charge in [0, 0.05) is 12.6 Å². The Balaban J connectivity index is 2.60. The Morgan fingerprint density at radius 2 is 1.84 bits per heavy atom. The molecule has 1 aromatic rings. The summed E-state index contributed by atoms with van der Waals surface area (Å²) in [6.07, 6.45) is 5.29. The van der Waals surface area contributed by atoms with Crippen LogP contribution in [0, 0.1) is 0 Å². The first kappa shape index (κ1) is 15.6. The van der Waals surface area contributed by atoms with Crippen molar-refractivity contribution >= 4 is 20.7 Å². The molecule has 0 aromatic heterocycles. The van der Waals surface area contributed by atoms with Crippen LogP contribution < -0.4 is 0 Å². The fourth-order valence-corrected chi connectivity index (χ4v) is 2.74. The maximum absolute atomic E-state index is 10.3. The zero-order valence-electron chi connectivity index (χ0n) is 12.2. The van der Waals surface area contributed by atoms with Crippen molar-refractivity contribution in [2.24, 2.45) is 5.10 Å². The SMILES string of the molecule is C[Si](C)(C)N(Cc1ccccc1)/N=C/CCCC=O. The zero-order chi connectivity index (χ0) is 14.1. The van der Waals surface area contributed by atoms with Crippen LogP contribution in [-0.2, 0) is 11.3 Å². The number of unbranched alkanes of at least 4 members (excludes halogenated alkanes) is 2. The van der Waals surface area contributed by atoms with Crippen molar-refractivity contribution in [3.05, 3.63) is 35.9 Å². The predicted molar refractivity (Wildman–Crippen MR) is 83.7 cm³/mol. The van der Waals surface area contributed by atoms with E-state index in [0.717, 1.165) is 25.7 Å². The molecule has 0 aliphatic heterocycles. The molecule has 0 spiro atoms. The van der Waals surface area contributed by atoms with Crippen LogP contribution in [0.25, 0.3) is 0 Å².